The lowest BCUT2D eigenvalue weighted by molar-refractivity contribution is -0.123. The van der Waals surface area contributed by atoms with Crippen LogP contribution in [0.15, 0.2) is 35.3 Å². The molecule has 1 atom stereocenters. The predicted molar refractivity (Wildman–Crippen MR) is 151 cm³/mol. The topological polar surface area (TPSA) is 131 Å². The molecule has 0 bridgehead atoms. The van der Waals surface area contributed by atoms with Crippen molar-refractivity contribution in [2.75, 3.05) is 13.7 Å². The van der Waals surface area contributed by atoms with E-state index in [-0.39, 0.29) is 40.7 Å². The van der Waals surface area contributed by atoms with Gasteiger partial charge in [-0.05, 0) is 69.4 Å². The highest BCUT2D eigenvalue weighted by Crippen LogP contribution is 2.56. The van der Waals surface area contributed by atoms with Gasteiger partial charge in [-0.3, -0.25) is 14.4 Å². The molecule has 9 heteroatoms. The van der Waals surface area contributed by atoms with Gasteiger partial charge in [0, 0.05) is 18.7 Å². The van der Waals surface area contributed by atoms with Gasteiger partial charge in [0.05, 0.1) is 19.3 Å². The first kappa shape index (κ1) is 29.4. The van der Waals surface area contributed by atoms with Crippen molar-refractivity contribution in [2.24, 2.45) is 0 Å². The second kappa shape index (κ2) is 11.1. The van der Waals surface area contributed by atoms with E-state index < -0.39 is 34.2 Å². The number of aliphatic hydroxyl groups is 1. The number of hydrogen-bond acceptors (Lipinski definition) is 8. The Bertz CT molecular complexity index is 1620. The van der Waals surface area contributed by atoms with Crippen molar-refractivity contribution in [3.8, 4) is 29.1 Å². The summed E-state index contributed by atoms with van der Waals surface area (Å²) in [5, 5.41) is 24.2. The fraction of sp³-hybridized carbons (Fsp3) is 0.344. The molecule has 3 N–H and O–H groups in total. The zero-order chi connectivity index (χ0) is 30.2. The number of rotatable bonds is 8. The average molecular weight is 560 g/mol. The number of carbonyl (C=O) groups excluding carboxylic acids is 3. The summed E-state index contributed by atoms with van der Waals surface area (Å²) in [7, 11) is 1.35. The zero-order valence-electron chi connectivity index (χ0n) is 24.2. The fourth-order valence-corrected chi connectivity index (χ4v) is 5.40. The van der Waals surface area contributed by atoms with Gasteiger partial charge in [0.1, 0.15) is 46.2 Å². The highest BCUT2D eigenvalue weighted by Gasteiger charge is 2.55. The average Bonchev–Trinajstić information content (AvgIpc) is 3.22. The Morgan fingerprint density at radius 1 is 1.15 bits per heavy atom. The molecule has 0 saturated heterocycles. The number of amides is 1. The maximum Gasteiger partial charge on any atom is 0.259 e. The number of aliphatic hydroxyl groups excluding tert-OH is 1. The van der Waals surface area contributed by atoms with Crippen LogP contribution in [0.4, 0.5) is 0 Å². The third-order valence-corrected chi connectivity index (χ3v) is 7.83. The summed E-state index contributed by atoms with van der Waals surface area (Å²) in [6.07, 6.45) is 1.17. The molecular weight excluding hydrogens is 526 g/mol. The number of Topliss-reactive ketones (excluding diaryl/α,β-unsaturated/α-hetero) is 2. The van der Waals surface area contributed by atoms with Crippen LogP contribution in [0, 0.1) is 32.6 Å². The number of fused-ring (bicyclic) bond motifs is 3. The van der Waals surface area contributed by atoms with E-state index in [4.69, 9.17) is 14.2 Å². The quantitative estimate of drug-likeness (QED) is 0.248. The number of hydrogen-bond donors (Lipinski definition) is 3. The standard InChI is InChI=1S/C32H33NO8/c1-8-9-10-40-15-20-11-16(2)21(18(4)17(20)3)14-33-31(38)27-24(39-7)12-23(36)28-29(27)41-25-13-22(35)26(19(5)34)30(37)32(25,28)6/h11-13,35-36H,10,14-15H2,1-7H3,(H,33,38)/t32-/m1/s1. The molecule has 2 aromatic rings. The number of nitrogens with one attached hydrogen (secondary N) is 1. The third kappa shape index (κ3) is 4.85. The monoisotopic (exact) mass is 559 g/mol. The number of carbonyl (C=O) groups is 3. The summed E-state index contributed by atoms with van der Waals surface area (Å²) in [4.78, 5) is 39.3. The van der Waals surface area contributed by atoms with E-state index in [0.717, 1.165) is 27.8 Å². The van der Waals surface area contributed by atoms with E-state index in [1.807, 2.05) is 26.8 Å². The van der Waals surface area contributed by atoms with E-state index in [2.05, 4.69) is 17.2 Å². The Hall–Kier alpha value is -4.55. The molecule has 1 aliphatic carbocycles. The summed E-state index contributed by atoms with van der Waals surface area (Å²) >= 11 is 0. The van der Waals surface area contributed by atoms with Crippen LogP contribution in [-0.4, -0.2) is 41.4 Å². The van der Waals surface area contributed by atoms with Gasteiger partial charge in [-0.15, -0.1) is 5.92 Å². The predicted octanol–water partition coefficient (Wildman–Crippen LogP) is 4.31. The van der Waals surface area contributed by atoms with E-state index in [1.54, 1.807) is 6.92 Å². The van der Waals surface area contributed by atoms with Gasteiger partial charge in [0.15, 0.2) is 17.3 Å². The minimum absolute atomic E-state index is 0.0114. The largest absolute Gasteiger partial charge is 0.507 e. The normalized spacial score (nSPS) is 17.1. The molecule has 0 aromatic heterocycles. The summed E-state index contributed by atoms with van der Waals surface area (Å²) in [6.45, 7) is 11.3. The van der Waals surface area contributed by atoms with Gasteiger partial charge in [0.25, 0.3) is 5.91 Å². The summed E-state index contributed by atoms with van der Waals surface area (Å²) < 4.78 is 17.0. The molecule has 9 nitrogen and oxygen atoms in total. The molecule has 0 fully saturated rings. The van der Waals surface area contributed by atoms with Crippen LogP contribution in [0.3, 0.4) is 0 Å². The molecule has 4 rings (SSSR count). The van der Waals surface area contributed by atoms with E-state index in [9.17, 15) is 24.6 Å². The Labute approximate surface area is 238 Å². The Kier molecular flexibility index (Phi) is 8.00. The van der Waals surface area contributed by atoms with Crippen LogP contribution in [-0.2, 0) is 32.9 Å². The number of ketones is 2. The molecule has 2 aromatic carbocycles. The number of phenols is 1. The summed E-state index contributed by atoms with van der Waals surface area (Å²) in [6, 6.07) is 3.27. The second-order valence-corrected chi connectivity index (χ2v) is 10.2. The first-order chi connectivity index (χ1) is 19.4. The van der Waals surface area contributed by atoms with E-state index >= 15 is 0 Å². The van der Waals surface area contributed by atoms with Gasteiger partial charge < -0.3 is 29.7 Å². The minimum atomic E-state index is -1.63. The first-order valence-corrected chi connectivity index (χ1v) is 13.1. The second-order valence-electron chi connectivity index (χ2n) is 10.2. The van der Waals surface area contributed by atoms with Crippen molar-refractivity contribution in [1.29, 1.82) is 0 Å². The number of benzene rings is 2. The Morgan fingerprint density at radius 3 is 2.49 bits per heavy atom. The van der Waals surface area contributed by atoms with Crippen LogP contribution in [0.2, 0.25) is 0 Å². The number of methoxy groups -OCH3 is 1. The highest BCUT2D eigenvalue weighted by atomic mass is 16.5. The van der Waals surface area contributed by atoms with Crippen LogP contribution in [0.25, 0.3) is 0 Å². The number of aryl methyl sites for hydroxylation is 1. The van der Waals surface area contributed by atoms with Crippen LogP contribution >= 0.6 is 0 Å². The molecule has 0 unspecified atom stereocenters. The lowest BCUT2D eigenvalue weighted by Gasteiger charge is -2.27. The van der Waals surface area contributed by atoms with Crippen LogP contribution in [0.1, 0.15) is 64.5 Å². The lowest BCUT2D eigenvalue weighted by Crippen LogP contribution is -2.38. The smallest absolute Gasteiger partial charge is 0.259 e. The van der Waals surface area contributed by atoms with Crippen molar-refractivity contribution in [3.63, 3.8) is 0 Å². The van der Waals surface area contributed by atoms with Crippen molar-refractivity contribution in [3.05, 3.63) is 74.2 Å². The maximum absolute atomic E-state index is 13.7. The third-order valence-electron chi connectivity index (χ3n) is 7.83. The molecule has 1 aliphatic heterocycles. The number of ether oxygens (including phenoxy) is 3. The first-order valence-electron chi connectivity index (χ1n) is 13.1. The molecule has 41 heavy (non-hydrogen) atoms. The minimum Gasteiger partial charge on any atom is -0.507 e. The number of aromatic hydroxyl groups is 1. The van der Waals surface area contributed by atoms with Gasteiger partial charge in [-0.25, -0.2) is 0 Å². The van der Waals surface area contributed by atoms with Crippen molar-refractivity contribution < 1.29 is 38.8 Å². The van der Waals surface area contributed by atoms with Crippen LogP contribution < -0.4 is 14.8 Å². The molecule has 2 aliphatic rings. The fourth-order valence-electron chi connectivity index (χ4n) is 5.40. The highest BCUT2D eigenvalue weighted by molar-refractivity contribution is 6.25. The number of allylic oxidation sites excluding steroid dienone is 3. The molecular formula is C32H33NO8. The number of phenolic OH excluding ortho intramolecular Hbond substituents is 1. The zero-order valence-corrected chi connectivity index (χ0v) is 24.2. The van der Waals surface area contributed by atoms with Gasteiger partial charge in [-0.1, -0.05) is 12.0 Å². The lowest BCUT2D eigenvalue weighted by atomic mass is 9.71. The summed E-state index contributed by atoms with van der Waals surface area (Å²) in [5.74, 6) is 2.82. The Balaban J connectivity index is 1.69. The molecule has 0 radical (unpaired) electrons. The molecule has 0 spiro atoms. The van der Waals surface area contributed by atoms with Gasteiger partial charge >= 0.3 is 0 Å². The molecule has 1 amide bonds. The molecule has 0 saturated carbocycles. The maximum atomic E-state index is 13.7. The van der Waals surface area contributed by atoms with E-state index in [1.165, 1.54) is 33.1 Å². The van der Waals surface area contributed by atoms with Crippen molar-refractivity contribution in [1.82, 2.24) is 5.32 Å². The SMILES string of the molecule is CC#CCOCc1cc(C)c(CNC(=O)c2c(OC)cc(O)c3c2OC2=CC(O)=C(C(C)=O)C(=O)[C@]23C)c(C)c1C. The molecule has 214 valence electrons. The van der Waals surface area contributed by atoms with E-state index in [0.29, 0.717) is 13.2 Å². The van der Waals surface area contributed by atoms with Crippen LogP contribution in [0.5, 0.6) is 17.2 Å². The molecule has 1 heterocycles. The van der Waals surface area contributed by atoms with Gasteiger partial charge in [-0.2, -0.15) is 0 Å². The van der Waals surface area contributed by atoms with Crippen molar-refractivity contribution in [2.45, 2.75) is 60.1 Å². The Morgan fingerprint density at radius 2 is 1.85 bits per heavy atom. The van der Waals surface area contributed by atoms with Crippen molar-refractivity contribution >= 4 is 17.5 Å². The van der Waals surface area contributed by atoms with Gasteiger partial charge in [0.2, 0.25) is 0 Å². The summed E-state index contributed by atoms with van der Waals surface area (Å²) in [5.41, 5.74) is 2.97.